The highest BCUT2D eigenvalue weighted by atomic mass is 32.2. The number of hydrogen-bond donors (Lipinski definition) is 4. The molecule has 0 radical (unpaired) electrons. The summed E-state index contributed by atoms with van der Waals surface area (Å²) in [5, 5.41) is 17.7. The molecule has 1 fully saturated rings. The molecular formula is C33H39F6N3O3S. The molecule has 1 spiro atoms. The maximum Gasteiger partial charge on any atom is 0.417 e. The highest BCUT2D eigenvalue weighted by Crippen LogP contribution is 2.40. The lowest BCUT2D eigenvalue weighted by molar-refractivity contribution is -0.144. The molecule has 0 amide bonds. The number of aliphatic hydroxyl groups is 1. The van der Waals surface area contributed by atoms with E-state index in [1.165, 1.54) is 63.5 Å². The van der Waals surface area contributed by atoms with Crippen LogP contribution in [0, 0.1) is 0 Å². The summed E-state index contributed by atoms with van der Waals surface area (Å²) in [5.74, 6) is 0. The zero-order valence-electron chi connectivity index (χ0n) is 25.3. The van der Waals surface area contributed by atoms with E-state index < -0.39 is 49.3 Å². The van der Waals surface area contributed by atoms with Gasteiger partial charge in [-0.1, -0.05) is 63.5 Å². The van der Waals surface area contributed by atoms with Gasteiger partial charge in [-0.05, 0) is 60.4 Å². The molecule has 3 aromatic rings. The van der Waals surface area contributed by atoms with Gasteiger partial charge < -0.3 is 15.4 Å². The normalized spacial score (nSPS) is 18.9. The van der Waals surface area contributed by atoms with Crippen LogP contribution >= 0.6 is 0 Å². The average Bonchev–Trinajstić information content (AvgIpc) is 3.41. The van der Waals surface area contributed by atoms with E-state index in [-0.39, 0.29) is 18.2 Å². The third kappa shape index (κ3) is 7.98. The monoisotopic (exact) mass is 671 g/mol. The van der Waals surface area contributed by atoms with Gasteiger partial charge in [0.25, 0.3) is 0 Å². The first kappa shape index (κ1) is 34.5. The van der Waals surface area contributed by atoms with Gasteiger partial charge in [0.2, 0.25) is 9.84 Å². The number of alkyl halides is 6. The van der Waals surface area contributed by atoms with Crippen molar-refractivity contribution in [2.24, 2.45) is 0 Å². The van der Waals surface area contributed by atoms with Crippen LogP contribution in [-0.4, -0.2) is 24.0 Å². The maximum atomic E-state index is 13.6. The van der Waals surface area contributed by atoms with E-state index in [1.807, 2.05) is 6.07 Å². The molecule has 2 aliphatic rings. The number of sulfone groups is 1. The minimum absolute atomic E-state index is 0.0428. The van der Waals surface area contributed by atoms with Crippen LogP contribution in [-0.2, 0) is 41.7 Å². The van der Waals surface area contributed by atoms with Crippen LogP contribution < -0.4 is 10.6 Å². The van der Waals surface area contributed by atoms with Gasteiger partial charge in [-0.25, -0.2) is 8.42 Å². The minimum Gasteiger partial charge on any atom is -0.373 e. The molecule has 1 saturated carbocycles. The number of fused-ring (bicyclic) bond motifs is 1. The number of benzene rings is 2. The Labute approximate surface area is 264 Å². The molecule has 2 heterocycles. The zero-order valence-corrected chi connectivity index (χ0v) is 26.1. The Balaban J connectivity index is 1.25. The Hall–Kier alpha value is -2.87. The van der Waals surface area contributed by atoms with Gasteiger partial charge in [0.15, 0.2) is 0 Å². The molecule has 4 N–H and O–H groups in total. The molecule has 1 atom stereocenters. The van der Waals surface area contributed by atoms with E-state index in [4.69, 9.17) is 0 Å². The average molecular weight is 672 g/mol. The summed E-state index contributed by atoms with van der Waals surface area (Å²) in [4.78, 5) is 1.64. The summed E-state index contributed by atoms with van der Waals surface area (Å²) in [5.41, 5.74) is -0.0912. The Morgan fingerprint density at radius 2 is 1.43 bits per heavy atom. The van der Waals surface area contributed by atoms with Crippen molar-refractivity contribution in [2.75, 3.05) is 0 Å². The summed E-state index contributed by atoms with van der Waals surface area (Å²) < 4.78 is 106. The van der Waals surface area contributed by atoms with E-state index in [0.29, 0.717) is 29.9 Å². The van der Waals surface area contributed by atoms with Gasteiger partial charge in [0.05, 0.1) is 26.6 Å². The number of aromatic amines is 1. The van der Waals surface area contributed by atoms with Crippen molar-refractivity contribution in [3.05, 3.63) is 82.2 Å². The molecule has 1 unspecified atom stereocenters. The quantitative estimate of drug-likeness (QED) is 0.158. The molecule has 13 heteroatoms. The van der Waals surface area contributed by atoms with Crippen molar-refractivity contribution in [3.8, 4) is 0 Å². The molecule has 2 aromatic carbocycles. The number of halogens is 6. The van der Waals surface area contributed by atoms with Crippen molar-refractivity contribution in [2.45, 2.75) is 118 Å². The number of H-pyrrole nitrogens is 1. The van der Waals surface area contributed by atoms with Gasteiger partial charge in [-0.3, -0.25) is 5.32 Å². The first-order valence-corrected chi connectivity index (χ1v) is 17.2. The fraction of sp³-hybridized carbons (Fsp3) is 0.515. The molecule has 6 nitrogen and oxygen atoms in total. The van der Waals surface area contributed by atoms with Gasteiger partial charge >= 0.3 is 12.4 Å². The Morgan fingerprint density at radius 1 is 0.826 bits per heavy atom. The predicted octanol–water partition coefficient (Wildman–Crippen LogP) is 7.96. The summed E-state index contributed by atoms with van der Waals surface area (Å²) >= 11 is 0. The van der Waals surface area contributed by atoms with Crippen molar-refractivity contribution in [1.29, 1.82) is 0 Å². The predicted molar refractivity (Wildman–Crippen MR) is 160 cm³/mol. The second-order valence-electron chi connectivity index (χ2n) is 12.5. The summed E-state index contributed by atoms with van der Waals surface area (Å²) in [7, 11) is -4.80. The number of nitrogens with one attached hydrogen (secondary N) is 3. The maximum absolute atomic E-state index is 13.6. The highest BCUT2D eigenvalue weighted by Gasteiger charge is 2.41. The van der Waals surface area contributed by atoms with Gasteiger partial charge in [0, 0.05) is 30.7 Å². The third-order valence-electron chi connectivity index (χ3n) is 9.17. The molecule has 0 bridgehead atoms. The van der Waals surface area contributed by atoms with Crippen LogP contribution in [0.15, 0.2) is 58.3 Å². The second kappa shape index (κ2) is 13.7. The van der Waals surface area contributed by atoms with Crippen LogP contribution in [0.5, 0.6) is 0 Å². The Morgan fingerprint density at radius 3 is 2.02 bits per heavy atom. The van der Waals surface area contributed by atoms with Crippen LogP contribution in [0.3, 0.4) is 0 Å². The van der Waals surface area contributed by atoms with Gasteiger partial charge in [0.1, 0.15) is 6.23 Å². The largest absolute Gasteiger partial charge is 0.417 e. The van der Waals surface area contributed by atoms with E-state index in [1.54, 1.807) is 0 Å². The standard InChI is InChI=1S/C33H39F6N3O3S/c34-32(35,36)24-11-14-29(26(18-24)33(37,38)39)46(44,45)25-12-9-22(10-13-25)20-40-30(43)27-17-23-21-41-31(19-28(23)42-27)15-7-5-3-1-2-4-6-8-16-31/h9-14,17-18,30,40-43H,1-8,15-16,19-21H2. The first-order valence-electron chi connectivity index (χ1n) is 15.7. The summed E-state index contributed by atoms with van der Waals surface area (Å²) in [6.45, 7) is 0.824. The number of hydrogen-bond acceptors (Lipinski definition) is 5. The van der Waals surface area contributed by atoms with Crippen molar-refractivity contribution < 1.29 is 39.9 Å². The van der Waals surface area contributed by atoms with Crippen molar-refractivity contribution >= 4 is 9.84 Å². The topological polar surface area (TPSA) is 94.2 Å². The van der Waals surface area contributed by atoms with Crippen LogP contribution in [0.2, 0.25) is 0 Å². The van der Waals surface area contributed by atoms with Crippen LogP contribution in [0.1, 0.15) is 104 Å². The molecule has 46 heavy (non-hydrogen) atoms. The van der Waals surface area contributed by atoms with E-state index in [2.05, 4.69) is 15.6 Å². The fourth-order valence-electron chi connectivity index (χ4n) is 6.58. The Kier molecular flexibility index (Phi) is 10.3. The second-order valence-corrected chi connectivity index (χ2v) is 14.4. The zero-order chi connectivity index (χ0) is 33.2. The van der Waals surface area contributed by atoms with Crippen molar-refractivity contribution in [3.63, 3.8) is 0 Å². The Bertz CT molecular complexity index is 1590. The molecular weight excluding hydrogens is 632 g/mol. The number of rotatable bonds is 6. The minimum atomic E-state index is -5.33. The molecule has 252 valence electrons. The SMILES string of the molecule is O=S(=O)(c1ccc(CNC(O)c2cc3c([nH]2)CC2(CCCCCCCCCC2)NC3)cc1)c1ccc(C(F)(F)F)cc1C(F)(F)F. The summed E-state index contributed by atoms with van der Waals surface area (Å²) in [6.07, 6.45) is 1.67. The first-order chi connectivity index (χ1) is 21.7. The van der Waals surface area contributed by atoms with E-state index in [0.717, 1.165) is 42.7 Å². The lowest BCUT2D eigenvalue weighted by Gasteiger charge is -2.39. The molecule has 0 saturated heterocycles. The summed E-state index contributed by atoms with van der Waals surface area (Å²) in [6, 6.07) is 7.32. The van der Waals surface area contributed by atoms with Crippen LogP contribution in [0.4, 0.5) is 26.3 Å². The molecule has 5 rings (SSSR count). The molecule has 1 aliphatic carbocycles. The lowest BCUT2D eigenvalue weighted by atomic mass is 9.80. The fourth-order valence-corrected chi connectivity index (χ4v) is 8.04. The smallest absolute Gasteiger partial charge is 0.373 e. The molecule has 1 aliphatic heterocycles. The number of aliphatic hydroxyl groups excluding tert-OH is 1. The van der Waals surface area contributed by atoms with Crippen LogP contribution in [0.25, 0.3) is 0 Å². The third-order valence-corrected chi connectivity index (χ3v) is 11.0. The number of aromatic nitrogens is 1. The van der Waals surface area contributed by atoms with Crippen molar-refractivity contribution in [1.82, 2.24) is 15.6 Å². The van der Waals surface area contributed by atoms with Gasteiger partial charge in [-0.15, -0.1) is 0 Å². The molecule has 1 aromatic heterocycles. The van der Waals surface area contributed by atoms with E-state index in [9.17, 15) is 39.9 Å². The highest BCUT2D eigenvalue weighted by molar-refractivity contribution is 7.91. The van der Waals surface area contributed by atoms with E-state index >= 15 is 0 Å². The van der Waals surface area contributed by atoms with Gasteiger partial charge in [-0.2, -0.15) is 26.3 Å². The lowest BCUT2D eigenvalue weighted by Crippen LogP contribution is -2.49.